The smallest absolute Gasteiger partial charge is 0.266 e. The highest BCUT2D eigenvalue weighted by Crippen LogP contribution is 2.19. The van der Waals surface area contributed by atoms with Crippen molar-refractivity contribution in [2.75, 3.05) is 31.2 Å². The van der Waals surface area contributed by atoms with Crippen molar-refractivity contribution in [3.05, 3.63) is 53.3 Å². The Morgan fingerprint density at radius 3 is 2.58 bits per heavy atom. The molecule has 0 radical (unpaired) electrons. The molecule has 0 bridgehead atoms. The summed E-state index contributed by atoms with van der Waals surface area (Å²) >= 11 is 0. The minimum atomic E-state index is -3.95. The van der Waals surface area contributed by atoms with Gasteiger partial charge in [0, 0.05) is 19.3 Å². The first-order chi connectivity index (χ1) is 12.4. The predicted octanol–water partition coefficient (Wildman–Crippen LogP) is 1.65. The fourth-order valence-corrected chi connectivity index (χ4v) is 4.09. The lowest BCUT2D eigenvalue weighted by Gasteiger charge is -2.28. The maximum atomic E-state index is 12.6. The van der Waals surface area contributed by atoms with Gasteiger partial charge < -0.3 is 9.64 Å². The van der Waals surface area contributed by atoms with E-state index in [0.29, 0.717) is 31.9 Å². The minimum Gasteiger partial charge on any atom is -0.378 e. The first kappa shape index (κ1) is 18.3. The van der Waals surface area contributed by atoms with Gasteiger partial charge in [-0.25, -0.2) is 13.1 Å². The summed E-state index contributed by atoms with van der Waals surface area (Å²) in [4.78, 5) is 18.7. The molecule has 26 heavy (non-hydrogen) atoms. The van der Waals surface area contributed by atoms with E-state index in [1.807, 2.05) is 11.8 Å². The van der Waals surface area contributed by atoms with Gasteiger partial charge in [0.25, 0.3) is 15.9 Å². The summed E-state index contributed by atoms with van der Waals surface area (Å²) in [6.45, 7) is 6.20. The van der Waals surface area contributed by atoms with Crippen LogP contribution in [0.5, 0.6) is 0 Å². The van der Waals surface area contributed by atoms with Crippen LogP contribution in [0.1, 0.15) is 21.5 Å². The third-order valence-electron chi connectivity index (χ3n) is 4.21. The van der Waals surface area contributed by atoms with Gasteiger partial charge in [0.15, 0.2) is 0 Å². The molecular weight excluding hydrogens is 354 g/mol. The van der Waals surface area contributed by atoms with Crippen LogP contribution >= 0.6 is 0 Å². The maximum Gasteiger partial charge on any atom is 0.266 e. The fraction of sp³-hybridized carbons (Fsp3) is 0.333. The summed E-state index contributed by atoms with van der Waals surface area (Å²) in [6.07, 6.45) is 3.01. The lowest BCUT2D eigenvalue weighted by molar-refractivity contribution is 0.0981. The average molecular weight is 375 g/mol. The zero-order valence-corrected chi connectivity index (χ0v) is 15.5. The van der Waals surface area contributed by atoms with Crippen LogP contribution in [0.15, 0.2) is 41.6 Å². The Morgan fingerprint density at radius 1 is 1.15 bits per heavy atom. The van der Waals surface area contributed by atoms with Gasteiger partial charge in [0.05, 0.1) is 35.6 Å². The summed E-state index contributed by atoms with van der Waals surface area (Å²) in [5, 5.41) is 0. The van der Waals surface area contributed by atoms with Gasteiger partial charge in [-0.3, -0.25) is 9.78 Å². The van der Waals surface area contributed by atoms with Gasteiger partial charge in [0.1, 0.15) is 0 Å². The number of sulfonamides is 1. The normalized spacial score (nSPS) is 14.9. The highest BCUT2D eigenvalue weighted by Gasteiger charge is 2.22. The van der Waals surface area contributed by atoms with E-state index >= 15 is 0 Å². The summed E-state index contributed by atoms with van der Waals surface area (Å²) in [7, 11) is -3.95. The third kappa shape index (κ3) is 4.03. The predicted molar refractivity (Wildman–Crippen MR) is 97.8 cm³/mol. The lowest BCUT2D eigenvalue weighted by atomic mass is 10.2. The molecule has 1 aromatic carbocycles. The highest BCUT2D eigenvalue weighted by molar-refractivity contribution is 7.90. The van der Waals surface area contributed by atoms with Crippen molar-refractivity contribution in [1.29, 1.82) is 0 Å². The molecule has 0 saturated carbocycles. The van der Waals surface area contributed by atoms with Crippen LogP contribution in [0.4, 0.5) is 5.69 Å². The lowest BCUT2D eigenvalue weighted by Crippen LogP contribution is -2.36. The Kier molecular flexibility index (Phi) is 5.24. The molecule has 1 saturated heterocycles. The zero-order valence-electron chi connectivity index (χ0n) is 14.7. The second-order valence-corrected chi connectivity index (χ2v) is 7.89. The number of anilines is 1. The molecule has 2 heterocycles. The molecular formula is C18H21N3O4S. The SMILES string of the molecule is Cc1ccc(S(=O)(=O)NC(=O)c2cncc(N3CCOCC3)c2)c(C)c1. The summed E-state index contributed by atoms with van der Waals surface area (Å²) in [6, 6.07) is 6.61. The van der Waals surface area contributed by atoms with E-state index in [-0.39, 0.29) is 10.5 Å². The number of benzene rings is 1. The van der Waals surface area contributed by atoms with Gasteiger partial charge in [-0.2, -0.15) is 0 Å². The number of carbonyl (C=O) groups is 1. The third-order valence-corrected chi connectivity index (χ3v) is 5.70. The van der Waals surface area contributed by atoms with Crippen LogP contribution in [0.25, 0.3) is 0 Å². The number of carbonyl (C=O) groups excluding carboxylic acids is 1. The van der Waals surface area contributed by atoms with Crippen LogP contribution in [0, 0.1) is 13.8 Å². The van der Waals surface area contributed by atoms with E-state index < -0.39 is 15.9 Å². The van der Waals surface area contributed by atoms with E-state index in [1.54, 1.807) is 31.3 Å². The molecule has 8 heteroatoms. The van der Waals surface area contributed by atoms with Crippen molar-refractivity contribution in [3.8, 4) is 0 Å². The average Bonchev–Trinajstić information content (AvgIpc) is 2.62. The van der Waals surface area contributed by atoms with Crippen molar-refractivity contribution in [3.63, 3.8) is 0 Å². The molecule has 3 rings (SSSR count). The number of rotatable bonds is 4. The number of hydrogen-bond acceptors (Lipinski definition) is 6. The van der Waals surface area contributed by atoms with E-state index in [4.69, 9.17) is 4.74 Å². The van der Waals surface area contributed by atoms with Crippen molar-refractivity contribution < 1.29 is 17.9 Å². The minimum absolute atomic E-state index is 0.0914. The Balaban J connectivity index is 1.81. The number of aryl methyl sites for hydroxylation is 2. The number of aromatic nitrogens is 1. The van der Waals surface area contributed by atoms with Gasteiger partial charge in [-0.1, -0.05) is 17.7 Å². The Hall–Kier alpha value is -2.45. The van der Waals surface area contributed by atoms with Gasteiger partial charge >= 0.3 is 0 Å². The molecule has 1 aliphatic heterocycles. The first-order valence-electron chi connectivity index (χ1n) is 8.29. The zero-order chi connectivity index (χ0) is 18.7. The van der Waals surface area contributed by atoms with Crippen LogP contribution in [-0.4, -0.2) is 45.6 Å². The molecule has 1 fully saturated rings. The van der Waals surface area contributed by atoms with Gasteiger partial charge in [-0.15, -0.1) is 0 Å². The summed E-state index contributed by atoms with van der Waals surface area (Å²) in [5.41, 5.74) is 2.51. The summed E-state index contributed by atoms with van der Waals surface area (Å²) < 4.78 is 32.6. The fourth-order valence-electron chi connectivity index (χ4n) is 2.88. The molecule has 1 amide bonds. The monoisotopic (exact) mass is 375 g/mol. The van der Waals surface area contributed by atoms with E-state index in [0.717, 1.165) is 11.3 Å². The Labute approximate surface area is 153 Å². The molecule has 1 aromatic heterocycles. The number of nitrogens with zero attached hydrogens (tertiary/aromatic N) is 2. The topological polar surface area (TPSA) is 88.6 Å². The maximum absolute atomic E-state index is 12.6. The number of morpholine rings is 1. The molecule has 0 unspecified atom stereocenters. The Morgan fingerprint density at radius 2 is 1.88 bits per heavy atom. The van der Waals surface area contributed by atoms with E-state index in [2.05, 4.69) is 9.71 Å². The quantitative estimate of drug-likeness (QED) is 0.874. The van der Waals surface area contributed by atoms with Crippen molar-refractivity contribution in [1.82, 2.24) is 9.71 Å². The van der Waals surface area contributed by atoms with Gasteiger partial charge in [0.2, 0.25) is 0 Å². The number of amides is 1. The second-order valence-electron chi connectivity index (χ2n) is 6.23. The molecule has 1 aliphatic rings. The number of ether oxygens (including phenoxy) is 1. The van der Waals surface area contributed by atoms with Crippen LogP contribution in [-0.2, 0) is 14.8 Å². The van der Waals surface area contributed by atoms with Crippen molar-refractivity contribution in [2.24, 2.45) is 0 Å². The standard InChI is InChI=1S/C18H21N3O4S/c1-13-3-4-17(14(2)9-13)26(23,24)20-18(22)15-10-16(12-19-11-15)21-5-7-25-8-6-21/h3-4,9-12H,5-8H2,1-2H3,(H,20,22). The molecule has 1 N–H and O–H groups in total. The number of nitrogens with one attached hydrogen (secondary N) is 1. The van der Waals surface area contributed by atoms with Crippen molar-refractivity contribution in [2.45, 2.75) is 18.7 Å². The summed E-state index contributed by atoms with van der Waals surface area (Å²) in [5.74, 6) is -0.701. The van der Waals surface area contributed by atoms with Gasteiger partial charge in [-0.05, 0) is 31.5 Å². The van der Waals surface area contributed by atoms with E-state index in [1.165, 1.54) is 12.3 Å². The molecule has 0 aliphatic carbocycles. The second kappa shape index (κ2) is 7.43. The number of pyridine rings is 1. The molecule has 7 nitrogen and oxygen atoms in total. The van der Waals surface area contributed by atoms with Crippen LogP contribution in [0.2, 0.25) is 0 Å². The largest absolute Gasteiger partial charge is 0.378 e. The van der Waals surface area contributed by atoms with Crippen LogP contribution < -0.4 is 9.62 Å². The molecule has 2 aromatic rings. The van der Waals surface area contributed by atoms with Crippen LogP contribution in [0.3, 0.4) is 0 Å². The van der Waals surface area contributed by atoms with E-state index in [9.17, 15) is 13.2 Å². The highest BCUT2D eigenvalue weighted by atomic mass is 32.2. The molecule has 0 spiro atoms. The Bertz CT molecular complexity index is 922. The van der Waals surface area contributed by atoms with Crippen molar-refractivity contribution >= 4 is 21.6 Å². The first-order valence-corrected chi connectivity index (χ1v) is 9.77. The number of hydrogen-bond donors (Lipinski definition) is 1. The molecule has 138 valence electrons. The molecule has 0 atom stereocenters.